The van der Waals surface area contributed by atoms with Gasteiger partial charge in [-0.3, -0.25) is 0 Å². The molecular weight excluding hydrogens is 492 g/mol. The Balaban J connectivity index is 1.77. The van der Waals surface area contributed by atoms with Gasteiger partial charge in [0.05, 0.1) is 9.60 Å². The van der Waals surface area contributed by atoms with Gasteiger partial charge in [0.25, 0.3) is 0 Å². The molecule has 0 aliphatic heterocycles. The molecule has 1 aliphatic carbocycles. The summed E-state index contributed by atoms with van der Waals surface area (Å²) in [7, 11) is 0. The van der Waals surface area contributed by atoms with Crippen molar-refractivity contribution in [3.8, 4) is 33.4 Å². The second kappa shape index (κ2) is 10.0. The third-order valence-electron chi connectivity index (χ3n) is 8.95. The van der Waals surface area contributed by atoms with Crippen LogP contribution < -0.4 is 0 Å². The largest absolute Gasteiger partial charge is 0.0629 e. The summed E-state index contributed by atoms with van der Waals surface area (Å²) >= 11 is 0. The van der Waals surface area contributed by atoms with E-state index in [1.807, 2.05) is 60.6 Å². The lowest BCUT2D eigenvalue weighted by Gasteiger charge is -2.42. The minimum absolute atomic E-state index is 0.0283. The molecule has 0 radical (unpaired) electrons. The van der Waals surface area contributed by atoms with E-state index in [2.05, 4.69) is 52.0 Å². The summed E-state index contributed by atoms with van der Waals surface area (Å²) in [5.74, 6) is 0. The molecule has 4 aromatic rings. The van der Waals surface area contributed by atoms with E-state index in [-0.39, 0.29) is 69.8 Å². The summed E-state index contributed by atoms with van der Waals surface area (Å²) < 4.78 is 64.3. The van der Waals surface area contributed by atoms with E-state index in [1.165, 1.54) is 11.1 Å². The summed E-state index contributed by atoms with van der Waals surface area (Å²) in [6.07, 6.45) is 2.23. The zero-order valence-electron chi connectivity index (χ0n) is 33.9. The fourth-order valence-corrected chi connectivity index (χ4v) is 6.08. The van der Waals surface area contributed by atoms with Gasteiger partial charge < -0.3 is 0 Å². The molecule has 0 bridgehead atoms. The van der Waals surface area contributed by atoms with Crippen LogP contribution in [0.3, 0.4) is 0 Å². The van der Waals surface area contributed by atoms with Crippen molar-refractivity contribution in [2.24, 2.45) is 0 Å². The Morgan fingerprint density at radius 2 is 1.15 bits per heavy atom. The first-order valence-electron chi connectivity index (χ1n) is 18.4. The highest BCUT2D eigenvalue weighted by Crippen LogP contribution is 2.47. The van der Waals surface area contributed by atoms with E-state index >= 15 is 0 Å². The van der Waals surface area contributed by atoms with Gasteiger partial charge in [0.2, 0.25) is 0 Å². The van der Waals surface area contributed by atoms with Crippen LogP contribution in [0, 0.1) is 6.92 Å². The van der Waals surface area contributed by atoms with Crippen LogP contribution in [0.15, 0.2) is 78.7 Å². The van der Waals surface area contributed by atoms with Gasteiger partial charge >= 0.3 is 0 Å². The molecule has 0 heteroatoms. The van der Waals surface area contributed by atoms with Crippen molar-refractivity contribution in [3.63, 3.8) is 0 Å². The van der Waals surface area contributed by atoms with Crippen LogP contribution >= 0.6 is 0 Å². The topological polar surface area (TPSA) is 0 Å². The molecule has 4 aromatic carbocycles. The molecule has 0 heterocycles. The average molecular weight is 550 g/mol. The monoisotopic (exact) mass is 549 g/mol. The second-order valence-electron chi connectivity index (χ2n) is 15.3. The van der Waals surface area contributed by atoms with Crippen molar-refractivity contribution in [2.45, 2.75) is 111 Å². The molecule has 5 rings (SSSR count). The maximum atomic E-state index is 9.25. The summed E-state index contributed by atoms with van der Waals surface area (Å²) in [6.45, 7) is 22.7. The van der Waals surface area contributed by atoms with E-state index in [0.717, 1.165) is 29.5 Å². The first kappa shape index (κ1) is 21.6. The number of fused-ring (bicyclic) bond motifs is 1. The lowest BCUT2D eigenvalue weighted by atomic mass is 9.63. The van der Waals surface area contributed by atoms with E-state index in [9.17, 15) is 6.85 Å². The molecule has 0 unspecified atom stereocenters. The fourth-order valence-electron chi connectivity index (χ4n) is 6.08. The molecule has 0 fully saturated rings. The molecule has 0 N–H and O–H groups in total. The number of benzene rings is 4. The third kappa shape index (κ3) is 5.55. The molecule has 214 valence electrons. The van der Waals surface area contributed by atoms with Gasteiger partial charge in [-0.2, -0.15) is 0 Å². The predicted molar refractivity (Wildman–Crippen MR) is 180 cm³/mol. The summed E-state index contributed by atoms with van der Waals surface area (Å²) in [5, 5.41) is 0. The highest BCUT2D eigenvalue weighted by atomic mass is 14.4. The van der Waals surface area contributed by atoms with Gasteiger partial charge in [-0.1, -0.05) is 148 Å². The van der Waals surface area contributed by atoms with Crippen LogP contribution in [-0.2, 0) is 21.7 Å². The normalized spacial score (nSPS) is 18.8. The molecule has 41 heavy (non-hydrogen) atoms. The Morgan fingerprint density at radius 1 is 0.610 bits per heavy atom. The third-order valence-corrected chi connectivity index (χ3v) is 8.95. The molecule has 0 spiro atoms. The van der Waals surface area contributed by atoms with Crippen LogP contribution in [0.2, 0.25) is 0 Å². The summed E-state index contributed by atoms with van der Waals surface area (Å²) in [5.41, 5.74) is 6.36. The van der Waals surface area contributed by atoms with E-state index < -0.39 is 10.8 Å². The van der Waals surface area contributed by atoms with Crippen molar-refractivity contribution in [1.82, 2.24) is 0 Å². The van der Waals surface area contributed by atoms with E-state index in [4.69, 9.17) is 2.74 Å². The van der Waals surface area contributed by atoms with Gasteiger partial charge in [-0.15, -0.1) is 0 Å². The van der Waals surface area contributed by atoms with Crippen LogP contribution in [0.4, 0.5) is 0 Å². The van der Waals surface area contributed by atoms with Crippen LogP contribution in [-0.4, -0.2) is 0 Å². The Bertz CT molecular complexity index is 1940. The van der Waals surface area contributed by atoms with Crippen molar-refractivity contribution < 1.29 is 9.60 Å². The van der Waals surface area contributed by atoms with Gasteiger partial charge in [-0.25, -0.2) is 0 Å². The quantitative estimate of drug-likeness (QED) is 0.238. The molecule has 0 atom stereocenters. The lowest BCUT2D eigenvalue weighted by Crippen LogP contribution is -2.33. The Hall–Kier alpha value is -3.12. The zero-order chi connectivity index (χ0) is 36.0. The van der Waals surface area contributed by atoms with Gasteiger partial charge in [0, 0.05) is 0 Å². The molecule has 0 nitrogen and oxygen atoms in total. The highest BCUT2D eigenvalue weighted by Gasteiger charge is 2.37. The number of hydrogen-bond donors (Lipinski definition) is 0. The Kier molecular flexibility index (Phi) is 5.26. The molecule has 1 aliphatic rings. The minimum atomic E-state index is -0.665. The number of hydrogen-bond acceptors (Lipinski definition) is 0. The highest BCUT2D eigenvalue weighted by molar-refractivity contribution is 5.80. The smallest absolute Gasteiger partial charge is 0.0610 e. The van der Waals surface area contributed by atoms with E-state index in [1.54, 1.807) is 0 Å². The van der Waals surface area contributed by atoms with Crippen molar-refractivity contribution in [2.75, 3.05) is 0 Å². The molecule has 0 aromatic heterocycles. The lowest BCUT2D eigenvalue weighted by molar-refractivity contribution is 0.332. The first-order valence-corrected chi connectivity index (χ1v) is 14.9. The predicted octanol–water partition coefficient (Wildman–Crippen LogP) is 11.9. The van der Waals surface area contributed by atoms with Crippen molar-refractivity contribution in [1.29, 1.82) is 0 Å². The van der Waals surface area contributed by atoms with Crippen LogP contribution in [0.5, 0.6) is 0 Å². The molecule has 0 saturated heterocycles. The fraction of sp³-hybridized carbons (Fsp3) is 0.415. The van der Waals surface area contributed by atoms with Crippen LogP contribution in [0.1, 0.15) is 119 Å². The maximum absolute atomic E-state index is 9.25. The average Bonchev–Trinajstić information content (AvgIpc) is 2.96. The number of rotatable bonds is 3. The molecule has 0 amide bonds. The Morgan fingerprint density at radius 3 is 1.71 bits per heavy atom. The maximum Gasteiger partial charge on any atom is 0.0629 e. The molecule has 0 saturated carbocycles. The minimum Gasteiger partial charge on any atom is -0.0610 e. The first-order chi connectivity index (χ1) is 21.9. The SMILES string of the molecule is [2H]c1c([2H])c(-c2c([2H])c([2H])c(C(C)(C)C)c([2H])c2C(C)(C)C)c([2H])c([2H])c1-c1cccc(-c2ccc3c(c2)C(C)(C)CCC3(C)C)c1C. The zero-order valence-corrected chi connectivity index (χ0v) is 26.9. The van der Waals surface area contributed by atoms with Crippen molar-refractivity contribution in [3.05, 3.63) is 107 Å². The second-order valence-corrected chi connectivity index (χ2v) is 15.3. The summed E-state index contributed by atoms with van der Waals surface area (Å²) in [6, 6.07) is 11.4. The van der Waals surface area contributed by atoms with Gasteiger partial charge in [-0.05, 0) is 103 Å². The summed E-state index contributed by atoms with van der Waals surface area (Å²) in [4.78, 5) is 0. The van der Waals surface area contributed by atoms with Crippen LogP contribution in [0.25, 0.3) is 33.4 Å². The molecular formula is C41H50. The Labute approximate surface area is 260 Å². The van der Waals surface area contributed by atoms with Gasteiger partial charge in [0.1, 0.15) is 0 Å². The standard InChI is InChI=1S/C41H50/c1-27-32(13-12-14-33(27)30-19-22-35-37(25-30)41(10,11)24-23-40(35,8)9)28-15-17-29(18-16-28)34-21-20-31(38(2,3)4)26-36(34)39(5,6)7/h12-22,25-26H,23-24H2,1-11H3/i15D,16D,17D,18D,20D,21D,26D. The van der Waals surface area contributed by atoms with Crippen molar-refractivity contribution >= 4 is 0 Å². The van der Waals surface area contributed by atoms with E-state index in [0.29, 0.717) is 16.7 Å². The van der Waals surface area contributed by atoms with Gasteiger partial charge in [0.15, 0.2) is 0 Å².